The SMILES string of the molecule is C=CCC[C@@H](O)CN(Cc1ccc(OC)c(OC)c1)Cc1ccco1. The van der Waals surface area contributed by atoms with E-state index in [1.165, 1.54) is 0 Å². The van der Waals surface area contributed by atoms with Crippen molar-refractivity contribution < 1.29 is 19.0 Å². The second-order valence-corrected chi connectivity index (χ2v) is 5.96. The van der Waals surface area contributed by atoms with Gasteiger partial charge in [-0.05, 0) is 42.7 Å². The fourth-order valence-corrected chi connectivity index (χ4v) is 2.74. The Balaban J connectivity index is 2.09. The summed E-state index contributed by atoms with van der Waals surface area (Å²) in [5.41, 5.74) is 1.08. The molecule has 1 N–H and O–H groups in total. The standard InChI is InChI=1S/C20H27NO4/c1-4-5-7-17(22)14-21(15-18-8-6-11-25-18)13-16-9-10-19(23-2)20(12-16)24-3/h4,6,8-12,17,22H,1,5,7,13-15H2,2-3H3/t17-/m1/s1. The molecular formula is C20H27NO4. The van der Waals surface area contributed by atoms with E-state index in [0.717, 1.165) is 17.7 Å². The third kappa shape index (κ3) is 5.96. The number of aliphatic hydroxyl groups is 1. The number of methoxy groups -OCH3 is 2. The van der Waals surface area contributed by atoms with Crippen LogP contribution in [0.1, 0.15) is 24.2 Å². The molecule has 136 valence electrons. The summed E-state index contributed by atoms with van der Waals surface area (Å²) in [7, 11) is 3.25. The molecule has 1 atom stereocenters. The lowest BCUT2D eigenvalue weighted by Gasteiger charge is -2.24. The Hall–Kier alpha value is -2.24. The average molecular weight is 345 g/mol. The van der Waals surface area contributed by atoms with Gasteiger partial charge in [0.05, 0.1) is 33.1 Å². The smallest absolute Gasteiger partial charge is 0.161 e. The summed E-state index contributed by atoms with van der Waals surface area (Å²) in [6.07, 6.45) is 4.58. The first-order valence-electron chi connectivity index (χ1n) is 8.40. The molecular weight excluding hydrogens is 318 g/mol. The highest BCUT2D eigenvalue weighted by molar-refractivity contribution is 5.42. The summed E-state index contributed by atoms with van der Waals surface area (Å²) in [4.78, 5) is 2.16. The van der Waals surface area contributed by atoms with Crippen molar-refractivity contribution in [3.05, 3.63) is 60.6 Å². The van der Waals surface area contributed by atoms with Crippen LogP contribution in [-0.2, 0) is 13.1 Å². The van der Waals surface area contributed by atoms with Gasteiger partial charge in [0.25, 0.3) is 0 Å². The normalized spacial score (nSPS) is 12.2. The van der Waals surface area contributed by atoms with Crippen molar-refractivity contribution in [3.8, 4) is 11.5 Å². The molecule has 0 aliphatic heterocycles. The van der Waals surface area contributed by atoms with Crippen LogP contribution in [0.15, 0.2) is 53.7 Å². The van der Waals surface area contributed by atoms with Gasteiger partial charge in [-0.2, -0.15) is 0 Å². The van der Waals surface area contributed by atoms with Gasteiger partial charge in [-0.15, -0.1) is 6.58 Å². The third-order valence-electron chi connectivity index (χ3n) is 3.99. The molecule has 5 nitrogen and oxygen atoms in total. The lowest BCUT2D eigenvalue weighted by Crippen LogP contribution is -2.31. The van der Waals surface area contributed by atoms with Gasteiger partial charge in [-0.1, -0.05) is 12.1 Å². The second kappa shape index (κ2) is 9.91. The fourth-order valence-electron chi connectivity index (χ4n) is 2.74. The van der Waals surface area contributed by atoms with Crippen LogP contribution < -0.4 is 9.47 Å². The zero-order valence-corrected chi connectivity index (χ0v) is 15.0. The molecule has 0 fully saturated rings. The highest BCUT2D eigenvalue weighted by atomic mass is 16.5. The average Bonchev–Trinajstić information content (AvgIpc) is 3.12. The van der Waals surface area contributed by atoms with E-state index in [1.807, 2.05) is 36.4 Å². The molecule has 0 spiro atoms. The molecule has 0 aliphatic rings. The topological polar surface area (TPSA) is 55.1 Å². The summed E-state index contributed by atoms with van der Waals surface area (Å²) < 4.78 is 16.1. The summed E-state index contributed by atoms with van der Waals surface area (Å²) in [6.45, 7) is 5.57. The highest BCUT2D eigenvalue weighted by Gasteiger charge is 2.15. The molecule has 0 aliphatic carbocycles. The third-order valence-corrected chi connectivity index (χ3v) is 3.99. The van der Waals surface area contributed by atoms with Gasteiger partial charge in [-0.25, -0.2) is 0 Å². The molecule has 0 saturated carbocycles. The number of allylic oxidation sites excluding steroid dienone is 1. The van der Waals surface area contributed by atoms with E-state index in [9.17, 15) is 5.11 Å². The summed E-state index contributed by atoms with van der Waals surface area (Å²) in [6, 6.07) is 9.68. The molecule has 0 saturated heterocycles. The van der Waals surface area contributed by atoms with Crippen LogP contribution in [0, 0.1) is 0 Å². The van der Waals surface area contributed by atoms with Gasteiger partial charge < -0.3 is 19.0 Å². The Morgan fingerprint density at radius 1 is 1.20 bits per heavy atom. The Kier molecular flexibility index (Phi) is 7.57. The molecule has 0 unspecified atom stereocenters. The Labute approximate surface area is 149 Å². The number of rotatable bonds is 11. The molecule has 1 aromatic carbocycles. The molecule has 25 heavy (non-hydrogen) atoms. The molecule has 2 rings (SSSR count). The minimum atomic E-state index is -0.409. The summed E-state index contributed by atoms with van der Waals surface area (Å²) in [5.74, 6) is 2.27. The minimum absolute atomic E-state index is 0.409. The maximum Gasteiger partial charge on any atom is 0.161 e. The van der Waals surface area contributed by atoms with Crippen LogP contribution >= 0.6 is 0 Å². The lowest BCUT2D eigenvalue weighted by atomic mass is 10.1. The van der Waals surface area contributed by atoms with Crippen LogP contribution in [-0.4, -0.2) is 36.9 Å². The van der Waals surface area contributed by atoms with Crippen molar-refractivity contribution in [1.29, 1.82) is 0 Å². The van der Waals surface area contributed by atoms with Crippen LogP contribution in [0.2, 0.25) is 0 Å². The lowest BCUT2D eigenvalue weighted by molar-refractivity contribution is 0.0944. The number of ether oxygens (including phenoxy) is 2. The quantitative estimate of drug-likeness (QED) is 0.630. The van der Waals surface area contributed by atoms with Gasteiger partial charge in [-0.3, -0.25) is 4.90 Å². The van der Waals surface area contributed by atoms with Gasteiger partial charge in [0.1, 0.15) is 5.76 Å². The van der Waals surface area contributed by atoms with Gasteiger partial charge in [0.15, 0.2) is 11.5 Å². The first-order chi connectivity index (χ1) is 12.2. The number of aliphatic hydroxyl groups excluding tert-OH is 1. The number of nitrogens with zero attached hydrogens (tertiary/aromatic N) is 1. The molecule has 0 amide bonds. The Morgan fingerprint density at radius 2 is 2.00 bits per heavy atom. The predicted molar refractivity (Wildman–Crippen MR) is 97.8 cm³/mol. The van der Waals surface area contributed by atoms with E-state index in [2.05, 4.69) is 11.5 Å². The van der Waals surface area contributed by atoms with E-state index in [4.69, 9.17) is 13.9 Å². The minimum Gasteiger partial charge on any atom is -0.493 e. The molecule has 0 radical (unpaired) electrons. The number of furan rings is 1. The number of benzene rings is 1. The second-order valence-electron chi connectivity index (χ2n) is 5.96. The van der Waals surface area contributed by atoms with E-state index >= 15 is 0 Å². The van der Waals surface area contributed by atoms with Crippen molar-refractivity contribution in [2.24, 2.45) is 0 Å². The van der Waals surface area contributed by atoms with Gasteiger partial charge >= 0.3 is 0 Å². The highest BCUT2D eigenvalue weighted by Crippen LogP contribution is 2.28. The first kappa shape index (κ1) is 19.1. The molecule has 5 heteroatoms. The number of hydrogen-bond acceptors (Lipinski definition) is 5. The van der Waals surface area contributed by atoms with Crippen molar-refractivity contribution in [3.63, 3.8) is 0 Å². The van der Waals surface area contributed by atoms with Gasteiger partial charge in [0.2, 0.25) is 0 Å². The van der Waals surface area contributed by atoms with E-state index in [1.54, 1.807) is 20.5 Å². The molecule has 2 aromatic rings. The summed E-state index contributed by atoms with van der Waals surface area (Å²) in [5, 5.41) is 10.3. The van der Waals surface area contributed by atoms with Crippen molar-refractivity contribution in [2.75, 3.05) is 20.8 Å². The Morgan fingerprint density at radius 3 is 2.64 bits per heavy atom. The van der Waals surface area contributed by atoms with E-state index in [0.29, 0.717) is 37.6 Å². The van der Waals surface area contributed by atoms with Crippen molar-refractivity contribution >= 4 is 0 Å². The van der Waals surface area contributed by atoms with E-state index in [-0.39, 0.29) is 0 Å². The van der Waals surface area contributed by atoms with Crippen molar-refractivity contribution in [2.45, 2.75) is 32.0 Å². The van der Waals surface area contributed by atoms with Gasteiger partial charge in [0, 0.05) is 13.1 Å². The van der Waals surface area contributed by atoms with Crippen LogP contribution in [0.25, 0.3) is 0 Å². The largest absolute Gasteiger partial charge is 0.493 e. The van der Waals surface area contributed by atoms with Crippen LogP contribution in [0.4, 0.5) is 0 Å². The van der Waals surface area contributed by atoms with Crippen LogP contribution in [0.3, 0.4) is 0 Å². The maximum absolute atomic E-state index is 10.3. The predicted octanol–water partition coefficient (Wildman–Crippen LogP) is 3.63. The first-order valence-corrected chi connectivity index (χ1v) is 8.40. The van der Waals surface area contributed by atoms with Crippen molar-refractivity contribution in [1.82, 2.24) is 4.90 Å². The monoisotopic (exact) mass is 345 g/mol. The maximum atomic E-state index is 10.3. The molecule has 1 aromatic heterocycles. The Bertz CT molecular complexity index is 639. The number of hydrogen-bond donors (Lipinski definition) is 1. The summed E-state index contributed by atoms with van der Waals surface area (Å²) >= 11 is 0. The molecule has 0 bridgehead atoms. The fraction of sp³-hybridized carbons (Fsp3) is 0.400. The zero-order chi connectivity index (χ0) is 18.1. The zero-order valence-electron chi connectivity index (χ0n) is 15.0. The van der Waals surface area contributed by atoms with E-state index < -0.39 is 6.10 Å². The van der Waals surface area contributed by atoms with Crippen LogP contribution in [0.5, 0.6) is 11.5 Å². The molecule has 1 heterocycles.